The summed E-state index contributed by atoms with van der Waals surface area (Å²) in [6, 6.07) is 55.7. The van der Waals surface area contributed by atoms with Gasteiger partial charge in [-0.3, -0.25) is 0 Å². The van der Waals surface area contributed by atoms with Crippen LogP contribution in [-0.2, 0) is 69.1 Å². The van der Waals surface area contributed by atoms with Crippen LogP contribution in [0.1, 0.15) is 49.9 Å². The number of carbonyl (C=O) groups is 2. The molecule has 2 heterocycles. The number of hydrogen-bond acceptors (Lipinski definition) is 12. The molecule has 0 unspecified atom stereocenters. The van der Waals surface area contributed by atoms with Gasteiger partial charge in [0.05, 0.1) is 50.3 Å². The minimum absolute atomic E-state index is 0.0595. The topological polar surface area (TPSA) is 137 Å². The van der Waals surface area contributed by atoms with Crippen LogP contribution in [0.25, 0.3) is 0 Å². The number of benzene rings is 6. The van der Waals surface area contributed by atoms with Crippen molar-refractivity contribution in [1.82, 2.24) is 0 Å². The van der Waals surface area contributed by atoms with E-state index >= 15 is 0 Å². The second kappa shape index (κ2) is 23.4. The molecule has 10 atom stereocenters. The van der Waals surface area contributed by atoms with Crippen molar-refractivity contribution in [3.63, 3.8) is 0 Å². The van der Waals surface area contributed by atoms with E-state index in [1.54, 1.807) is 67.6 Å². The summed E-state index contributed by atoms with van der Waals surface area (Å²) >= 11 is 0. The predicted octanol–water partition coefficient (Wildman–Crippen LogP) is 8.26. The number of carbonyl (C=O) groups excluding carboxylic acids is 2. The summed E-state index contributed by atoms with van der Waals surface area (Å²) in [7, 11) is 0. The third-order valence-corrected chi connectivity index (χ3v) is 11.4. The van der Waals surface area contributed by atoms with Crippen molar-refractivity contribution in [3.05, 3.63) is 215 Å². The van der Waals surface area contributed by atoms with Gasteiger partial charge in [-0.2, -0.15) is 0 Å². The first kappa shape index (κ1) is 46.5. The van der Waals surface area contributed by atoms with Crippen molar-refractivity contribution < 1.29 is 57.3 Å². The molecule has 66 heavy (non-hydrogen) atoms. The lowest BCUT2D eigenvalue weighted by molar-refractivity contribution is -0.363. The molecule has 2 aliphatic heterocycles. The average Bonchev–Trinajstić information content (AvgIpc) is 3.36. The molecule has 342 valence electrons. The lowest BCUT2D eigenvalue weighted by Gasteiger charge is -2.49. The average molecular weight is 895 g/mol. The molecule has 0 aliphatic carbocycles. The normalized spacial score (nSPS) is 25.1. The highest BCUT2D eigenvalue weighted by Gasteiger charge is 2.55. The van der Waals surface area contributed by atoms with Crippen LogP contribution >= 0.6 is 0 Å². The monoisotopic (exact) mass is 894 g/mol. The molecule has 0 saturated carbocycles. The van der Waals surface area contributed by atoms with Crippen LogP contribution in [0.15, 0.2) is 182 Å². The van der Waals surface area contributed by atoms with E-state index in [-0.39, 0.29) is 37.6 Å². The Bertz CT molecular complexity index is 2360. The largest absolute Gasteiger partial charge is 0.452 e. The Kier molecular flexibility index (Phi) is 16.5. The zero-order valence-electron chi connectivity index (χ0n) is 36.6. The summed E-state index contributed by atoms with van der Waals surface area (Å²) in [6.45, 7) is 2.58. The zero-order valence-corrected chi connectivity index (χ0v) is 36.6. The quantitative estimate of drug-likeness (QED) is 0.0784. The van der Waals surface area contributed by atoms with E-state index in [4.69, 9.17) is 42.6 Å². The number of aliphatic hydroxyl groups is 1. The van der Waals surface area contributed by atoms with E-state index in [1.165, 1.54) is 0 Å². The van der Waals surface area contributed by atoms with Crippen molar-refractivity contribution in [2.75, 3.05) is 6.61 Å². The summed E-state index contributed by atoms with van der Waals surface area (Å²) in [5, 5.41) is 11.5. The minimum atomic E-state index is -1.70. The number of aliphatic hydroxyl groups excluding tert-OH is 1. The maximum atomic E-state index is 13.9. The summed E-state index contributed by atoms with van der Waals surface area (Å²) in [5.41, 5.74) is 4.16. The molecular formula is C54H54O12. The van der Waals surface area contributed by atoms with Gasteiger partial charge in [0.1, 0.15) is 30.5 Å². The number of esters is 2. The molecule has 8 rings (SSSR count). The van der Waals surface area contributed by atoms with E-state index in [0.29, 0.717) is 6.61 Å². The van der Waals surface area contributed by atoms with Gasteiger partial charge in [0, 0.05) is 0 Å². The summed E-state index contributed by atoms with van der Waals surface area (Å²) < 4.78 is 59.1. The Balaban J connectivity index is 1.17. The SMILES string of the molecule is C[C@@H]1O[C@@H](O)[C@H](OC(=O)c2ccccc2)[C@H](OC(=O)c2ccccc2)[C@H]1O[C@H]1O[C@H](COCc2ccccc2)[C@@H](OCc2ccccc2)[C@H](OCc2ccccc2)[C@H]1OCc1ccccc1. The molecule has 0 aromatic heterocycles. The number of hydrogen-bond donors (Lipinski definition) is 1. The summed E-state index contributed by atoms with van der Waals surface area (Å²) in [4.78, 5) is 27.6. The standard InChI is InChI=1S/C54H54O12/c1-37-45(48(64-51(55)42-28-16-6-17-29-42)49(53(57)62-37)65-52(56)43-30-18-7-19-31-43)66-54-50(61-35-41-26-14-5-15-27-41)47(60-34-40-24-12-4-13-25-40)46(59-33-39-22-10-3-11-23-39)44(63-54)36-58-32-38-20-8-2-9-21-38/h2-31,37,44-50,53-54,57H,32-36H2,1H3/t37-,44+,45-,46+,47-,48+,49+,50+,53+,54+/m0/s1. The van der Waals surface area contributed by atoms with Crippen molar-refractivity contribution in [2.24, 2.45) is 0 Å². The van der Waals surface area contributed by atoms with Crippen molar-refractivity contribution in [3.8, 4) is 0 Å². The van der Waals surface area contributed by atoms with Gasteiger partial charge in [0.15, 0.2) is 24.8 Å². The molecule has 6 aromatic carbocycles. The lowest BCUT2D eigenvalue weighted by atomic mass is 9.96. The third kappa shape index (κ3) is 12.4. The molecule has 12 nitrogen and oxygen atoms in total. The molecule has 0 spiro atoms. The maximum Gasteiger partial charge on any atom is 0.338 e. The number of rotatable bonds is 19. The molecular weight excluding hydrogens is 841 g/mol. The second-order valence-corrected chi connectivity index (χ2v) is 16.1. The lowest BCUT2D eigenvalue weighted by Crippen LogP contribution is -2.65. The first-order chi connectivity index (χ1) is 32.4. The van der Waals surface area contributed by atoms with Crippen LogP contribution in [0, 0.1) is 0 Å². The first-order valence-corrected chi connectivity index (χ1v) is 22.1. The minimum Gasteiger partial charge on any atom is -0.452 e. The van der Waals surface area contributed by atoms with Gasteiger partial charge in [-0.15, -0.1) is 0 Å². The second-order valence-electron chi connectivity index (χ2n) is 16.1. The van der Waals surface area contributed by atoms with Crippen LogP contribution in [0.3, 0.4) is 0 Å². The summed E-state index contributed by atoms with van der Waals surface area (Å²) in [5.74, 6) is -1.50. The molecule has 2 fully saturated rings. The molecule has 1 N–H and O–H groups in total. The maximum absolute atomic E-state index is 13.9. The Hall–Kier alpha value is -6.06. The molecule has 0 amide bonds. The van der Waals surface area contributed by atoms with Crippen LogP contribution in [0.4, 0.5) is 0 Å². The zero-order chi connectivity index (χ0) is 45.5. The fourth-order valence-electron chi connectivity index (χ4n) is 7.98. The molecule has 2 aliphatic rings. The van der Waals surface area contributed by atoms with Gasteiger partial charge >= 0.3 is 11.9 Å². The van der Waals surface area contributed by atoms with Gasteiger partial charge in [-0.1, -0.05) is 158 Å². The van der Waals surface area contributed by atoms with Gasteiger partial charge in [-0.25, -0.2) is 9.59 Å². The Labute approximate surface area is 384 Å². The van der Waals surface area contributed by atoms with Crippen LogP contribution in [-0.4, -0.2) is 85.1 Å². The van der Waals surface area contributed by atoms with Crippen molar-refractivity contribution in [1.29, 1.82) is 0 Å². The fraction of sp³-hybridized carbons (Fsp3) is 0.296. The highest BCUT2D eigenvalue weighted by molar-refractivity contribution is 5.90. The van der Waals surface area contributed by atoms with Gasteiger partial charge in [-0.05, 0) is 53.4 Å². The Morgan fingerprint density at radius 2 is 0.848 bits per heavy atom. The van der Waals surface area contributed by atoms with Crippen LogP contribution in [0.2, 0.25) is 0 Å². The van der Waals surface area contributed by atoms with Crippen LogP contribution < -0.4 is 0 Å². The molecule has 6 aromatic rings. The van der Waals surface area contributed by atoms with Gasteiger partial charge in [0.25, 0.3) is 0 Å². The predicted molar refractivity (Wildman–Crippen MR) is 243 cm³/mol. The van der Waals surface area contributed by atoms with E-state index in [1.807, 2.05) is 121 Å². The van der Waals surface area contributed by atoms with Gasteiger partial charge in [0.2, 0.25) is 0 Å². The highest BCUT2D eigenvalue weighted by Crippen LogP contribution is 2.36. The molecule has 0 bridgehead atoms. The van der Waals surface area contributed by atoms with E-state index in [2.05, 4.69) is 0 Å². The third-order valence-electron chi connectivity index (χ3n) is 11.4. The van der Waals surface area contributed by atoms with E-state index in [0.717, 1.165) is 22.3 Å². The van der Waals surface area contributed by atoms with Crippen molar-refractivity contribution in [2.45, 2.75) is 94.8 Å². The fourth-order valence-corrected chi connectivity index (χ4v) is 7.98. The summed E-state index contributed by atoms with van der Waals surface area (Å²) in [6.07, 6.45) is -11.4. The van der Waals surface area contributed by atoms with Crippen molar-refractivity contribution >= 4 is 11.9 Å². The van der Waals surface area contributed by atoms with E-state index < -0.39 is 73.4 Å². The van der Waals surface area contributed by atoms with E-state index in [9.17, 15) is 14.7 Å². The van der Waals surface area contributed by atoms with Crippen LogP contribution in [0.5, 0.6) is 0 Å². The number of ether oxygens (including phenoxy) is 9. The molecule has 2 saturated heterocycles. The first-order valence-electron chi connectivity index (χ1n) is 22.1. The highest BCUT2D eigenvalue weighted by atomic mass is 16.8. The van der Waals surface area contributed by atoms with Gasteiger partial charge < -0.3 is 47.7 Å². The Morgan fingerprint density at radius 1 is 0.455 bits per heavy atom. The Morgan fingerprint density at radius 3 is 1.32 bits per heavy atom. The molecule has 12 heteroatoms. The molecule has 0 radical (unpaired) electrons. The smallest absolute Gasteiger partial charge is 0.338 e.